The normalized spacial score (nSPS) is 28.0. The molecule has 27 heavy (non-hydrogen) atoms. The molecule has 4 N–H and O–H groups in total. The quantitative estimate of drug-likeness (QED) is 0.205. The molecule has 1 aromatic rings. The van der Waals surface area contributed by atoms with Crippen LogP contribution in [0.4, 0.5) is 5.82 Å². The highest BCUT2D eigenvalue weighted by molar-refractivity contribution is 6.30. The smallest absolute Gasteiger partial charge is 0.418 e. The predicted octanol–water partition coefficient (Wildman–Crippen LogP) is -2.81. The highest BCUT2D eigenvalue weighted by Gasteiger charge is 2.54. The fourth-order valence-corrected chi connectivity index (χ4v) is 2.55. The minimum atomic E-state index is -1.23. The molecule has 13 nitrogen and oxygen atoms in total. The van der Waals surface area contributed by atoms with E-state index in [4.69, 9.17) is 19.9 Å². The first-order chi connectivity index (χ1) is 12.8. The van der Waals surface area contributed by atoms with Gasteiger partial charge in [0, 0.05) is 12.3 Å². The van der Waals surface area contributed by atoms with Gasteiger partial charge in [-0.2, -0.15) is 4.98 Å². The van der Waals surface area contributed by atoms with E-state index < -0.39 is 60.8 Å². The van der Waals surface area contributed by atoms with Gasteiger partial charge in [0.15, 0.2) is 24.3 Å². The average Bonchev–Trinajstić information content (AvgIpc) is 2.97. The summed E-state index contributed by atoms with van der Waals surface area (Å²) in [5.41, 5.74) is 6.67. The summed E-state index contributed by atoms with van der Waals surface area (Å²) < 4.78 is 16.4. The van der Waals surface area contributed by atoms with Gasteiger partial charge in [-0.1, -0.05) is 0 Å². The number of nitrogens with two attached hydrogens (primary N) is 1. The van der Waals surface area contributed by atoms with Crippen molar-refractivity contribution in [2.75, 3.05) is 12.1 Å². The highest BCUT2D eigenvalue weighted by atomic mass is 16.7. The largest absolute Gasteiger partial charge is 0.447 e. The summed E-state index contributed by atoms with van der Waals surface area (Å²) in [6, 6.07) is 0.415. The van der Waals surface area contributed by atoms with Crippen LogP contribution in [0.2, 0.25) is 0 Å². The number of aromatic nitrogens is 2. The summed E-state index contributed by atoms with van der Waals surface area (Å²) in [6.07, 6.45) is -3.13. The van der Waals surface area contributed by atoms with Crippen molar-refractivity contribution < 1.29 is 38.5 Å². The van der Waals surface area contributed by atoms with Crippen LogP contribution in [0.25, 0.3) is 0 Å². The molecule has 2 fully saturated rings. The second-order valence-electron chi connectivity index (χ2n) is 5.80. The number of rotatable bonds is 5. The molecular formula is C14H16N4O9. The highest BCUT2D eigenvalue weighted by Crippen LogP contribution is 2.35. The van der Waals surface area contributed by atoms with Gasteiger partial charge in [-0.3, -0.25) is 4.57 Å². The summed E-state index contributed by atoms with van der Waals surface area (Å²) >= 11 is 0. The van der Waals surface area contributed by atoms with Gasteiger partial charge in [0.2, 0.25) is 0 Å². The summed E-state index contributed by atoms with van der Waals surface area (Å²) in [4.78, 5) is 54.7. The lowest BCUT2D eigenvalue weighted by Gasteiger charge is -2.27. The molecule has 0 bridgehead atoms. The Bertz CT molecular complexity index is 823. The van der Waals surface area contributed by atoms with Gasteiger partial charge in [0.05, 0.1) is 6.61 Å². The number of anilines is 1. The Morgan fingerprint density at radius 2 is 2.04 bits per heavy atom. The molecule has 3 heterocycles. The van der Waals surface area contributed by atoms with E-state index in [2.05, 4.69) is 15.3 Å². The first kappa shape index (κ1) is 18.8. The molecule has 0 spiro atoms. The molecule has 2 saturated heterocycles. The lowest BCUT2D eigenvalue weighted by atomic mass is 10.1. The molecule has 0 amide bonds. The number of nitrogens with zero attached hydrogens (tertiary/aromatic N) is 2. The third-order valence-electron chi connectivity index (χ3n) is 3.85. The van der Waals surface area contributed by atoms with Gasteiger partial charge >= 0.3 is 23.6 Å². The predicted molar refractivity (Wildman–Crippen MR) is 82.6 cm³/mol. The molecule has 0 radical (unpaired) electrons. The first-order valence-electron chi connectivity index (χ1n) is 7.81. The van der Waals surface area contributed by atoms with Gasteiger partial charge in [-0.15, -0.1) is 0 Å². The average molecular weight is 384 g/mol. The van der Waals surface area contributed by atoms with Crippen molar-refractivity contribution in [2.45, 2.75) is 37.5 Å². The number of hydrogen-bond donors (Lipinski definition) is 3. The van der Waals surface area contributed by atoms with E-state index in [0.717, 1.165) is 4.57 Å². The van der Waals surface area contributed by atoms with Crippen LogP contribution in [0.5, 0.6) is 0 Å². The second kappa shape index (κ2) is 7.30. The van der Waals surface area contributed by atoms with Crippen molar-refractivity contribution in [3.05, 3.63) is 22.7 Å². The van der Waals surface area contributed by atoms with Crippen molar-refractivity contribution in [2.24, 2.45) is 5.73 Å². The molecule has 0 aliphatic carbocycles. The van der Waals surface area contributed by atoms with Crippen LogP contribution in [0, 0.1) is 0 Å². The van der Waals surface area contributed by atoms with E-state index in [1.807, 2.05) is 0 Å². The third kappa shape index (κ3) is 3.60. The lowest BCUT2D eigenvalue weighted by molar-refractivity contribution is -0.195. The number of fused-ring (bicyclic) bond motifs is 1. The Hall–Kier alpha value is -3.03. The molecular weight excluding hydrogens is 368 g/mol. The second-order valence-corrected chi connectivity index (χ2v) is 5.80. The Kier molecular flexibility index (Phi) is 5.07. The van der Waals surface area contributed by atoms with Crippen LogP contribution in [0.3, 0.4) is 0 Å². The monoisotopic (exact) mass is 384 g/mol. The standard InChI is InChI=1S/C14H16N4O9/c1-5(15)11(20)27-17-7-2-3-18(14(23)16-7)10-9-8(6(4-19)24-10)25-12(21)13(22)26-9/h2-3,5-6,8-10,19H,4,15H2,1H3,(H,16,17,23)/t5-,6+,8?,9?,10+/m0/s1. The van der Waals surface area contributed by atoms with Crippen LogP contribution in [-0.2, 0) is 33.4 Å². The van der Waals surface area contributed by atoms with E-state index >= 15 is 0 Å². The van der Waals surface area contributed by atoms with Gasteiger partial charge in [-0.05, 0) is 6.92 Å². The van der Waals surface area contributed by atoms with Crippen LogP contribution >= 0.6 is 0 Å². The van der Waals surface area contributed by atoms with Gasteiger partial charge in [0.25, 0.3) is 0 Å². The third-order valence-corrected chi connectivity index (χ3v) is 3.85. The summed E-state index contributed by atoms with van der Waals surface area (Å²) in [5.74, 6) is -3.28. The van der Waals surface area contributed by atoms with Crippen LogP contribution < -0.4 is 16.9 Å². The first-order valence-corrected chi connectivity index (χ1v) is 7.81. The maximum absolute atomic E-state index is 12.3. The van der Waals surface area contributed by atoms with Crippen LogP contribution in [0.1, 0.15) is 13.2 Å². The summed E-state index contributed by atoms with van der Waals surface area (Å²) in [5, 5.41) is 9.37. The molecule has 5 atom stereocenters. The van der Waals surface area contributed by atoms with E-state index in [-0.39, 0.29) is 5.82 Å². The molecule has 1 aromatic heterocycles. The number of hydrogen-bond acceptors (Lipinski definition) is 12. The van der Waals surface area contributed by atoms with Crippen molar-refractivity contribution in [3.8, 4) is 0 Å². The van der Waals surface area contributed by atoms with E-state index in [0.29, 0.717) is 0 Å². The lowest BCUT2D eigenvalue weighted by Crippen LogP contribution is -2.48. The number of esters is 2. The zero-order valence-electron chi connectivity index (χ0n) is 13.9. The summed E-state index contributed by atoms with van der Waals surface area (Å²) in [7, 11) is 0. The zero-order chi connectivity index (χ0) is 19.7. The maximum Gasteiger partial charge on any atom is 0.418 e. The Labute approximate surface area is 150 Å². The van der Waals surface area contributed by atoms with Gasteiger partial charge in [-0.25, -0.2) is 24.7 Å². The van der Waals surface area contributed by atoms with E-state index in [9.17, 15) is 24.3 Å². The van der Waals surface area contributed by atoms with Gasteiger partial charge < -0.3 is 29.9 Å². The summed E-state index contributed by atoms with van der Waals surface area (Å²) in [6.45, 7) is 0.886. The molecule has 2 unspecified atom stereocenters. The maximum atomic E-state index is 12.3. The van der Waals surface area contributed by atoms with Gasteiger partial charge in [0.1, 0.15) is 12.1 Å². The fourth-order valence-electron chi connectivity index (χ4n) is 2.55. The van der Waals surface area contributed by atoms with Crippen LogP contribution in [0.15, 0.2) is 17.1 Å². The molecule has 0 saturated carbocycles. The Balaban J connectivity index is 1.79. The molecule has 3 rings (SSSR count). The number of aliphatic hydroxyl groups excluding tert-OH is 1. The Morgan fingerprint density at radius 3 is 2.63 bits per heavy atom. The zero-order valence-corrected chi connectivity index (χ0v) is 13.9. The van der Waals surface area contributed by atoms with E-state index in [1.54, 1.807) is 0 Å². The molecule has 2 aliphatic heterocycles. The fraction of sp³-hybridized carbons (Fsp3) is 0.500. The number of carbonyl (C=O) groups excluding carboxylic acids is 3. The minimum Gasteiger partial charge on any atom is -0.447 e. The van der Waals surface area contributed by atoms with Crippen molar-refractivity contribution in [1.82, 2.24) is 9.55 Å². The van der Waals surface area contributed by atoms with Crippen LogP contribution in [-0.4, -0.2) is 63.5 Å². The number of nitrogens with one attached hydrogen (secondary N) is 1. The van der Waals surface area contributed by atoms with Crippen molar-refractivity contribution in [1.29, 1.82) is 0 Å². The number of aliphatic hydroxyl groups is 1. The molecule has 13 heteroatoms. The number of carbonyl (C=O) groups is 3. The molecule has 2 aliphatic rings. The van der Waals surface area contributed by atoms with E-state index in [1.165, 1.54) is 19.2 Å². The Morgan fingerprint density at radius 1 is 1.37 bits per heavy atom. The SMILES string of the molecule is C[C@H](N)C(=O)ONc1ccn([C@@H]2O[C@H](CO)C3OC(=O)C(=O)OC32)c(=O)n1. The molecule has 0 aromatic carbocycles. The minimum absolute atomic E-state index is 0.0782. The van der Waals surface area contributed by atoms with Crippen molar-refractivity contribution in [3.63, 3.8) is 0 Å². The number of ether oxygens (including phenoxy) is 3. The topological polar surface area (TPSA) is 181 Å². The molecule has 146 valence electrons. The van der Waals surface area contributed by atoms with Crippen molar-refractivity contribution >= 4 is 23.7 Å².